The summed E-state index contributed by atoms with van der Waals surface area (Å²) in [7, 11) is 1.65. The molecular weight excluding hydrogens is 306 g/mol. The van der Waals surface area contributed by atoms with Gasteiger partial charge in [-0.3, -0.25) is 5.43 Å². The third kappa shape index (κ3) is 5.20. The molecule has 0 amide bonds. The van der Waals surface area contributed by atoms with Crippen LogP contribution in [0.3, 0.4) is 0 Å². The second-order valence-electron chi connectivity index (χ2n) is 6.63. The molecule has 1 fully saturated rings. The lowest BCUT2D eigenvalue weighted by Gasteiger charge is -2.30. The van der Waals surface area contributed by atoms with Gasteiger partial charge in [-0.1, -0.05) is 20.8 Å². The molecule has 0 radical (unpaired) electrons. The molecule has 1 aromatic rings. The highest BCUT2D eigenvalue weighted by atomic mass is 32.1. The van der Waals surface area contributed by atoms with Gasteiger partial charge in [-0.2, -0.15) is 5.10 Å². The molecular formula is C18H27N3OS. The summed E-state index contributed by atoms with van der Waals surface area (Å²) in [6, 6.07) is 7.65. The van der Waals surface area contributed by atoms with Crippen LogP contribution < -0.4 is 15.5 Å². The maximum atomic E-state index is 5.34. The van der Waals surface area contributed by atoms with Crippen molar-refractivity contribution in [2.75, 3.05) is 12.4 Å². The van der Waals surface area contributed by atoms with E-state index in [1.165, 1.54) is 18.6 Å². The van der Waals surface area contributed by atoms with Gasteiger partial charge >= 0.3 is 0 Å². The number of thiocarbonyl (C=S) groups is 1. The Morgan fingerprint density at radius 2 is 1.96 bits per heavy atom. The molecule has 2 atom stereocenters. The normalized spacial score (nSPS) is 22.9. The predicted molar refractivity (Wildman–Crippen MR) is 101 cm³/mol. The largest absolute Gasteiger partial charge is 0.497 e. The van der Waals surface area contributed by atoms with Gasteiger partial charge in [0.2, 0.25) is 0 Å². The van der Waals surface area contributed by atoms with Crippen molar-refractivity contribution in [1.29, 1.82) is 0 Å². The summed E-state index contributed by atoms with van der Waals surface area (Å²) in [5.41, 5.74) is 5.18. The van der Waals surface area contributed by atoms with Crippen LogP contribution in [0.5, 0.6) is 5.75 Å². The first-order valence-corrected chi connectivity index (χ1v) is 8.68. The highest BCUT2D eigenvalue weighted by Gasteiger charge is 2.27. The number of benzene rings is 1. The quantitative estimate of drug-likeness (QED) is 0.632. The summed E-state index contributed by atoms with van der Waals surface area (Å²) in [6.45, 7) is 6.83. The summed E-state index contributed by atoms with van der Waals surface area (Å²) < 4.78 is 5.15. The fourth-order valence-corrected chi connectivity index (χ4v) is 3.21. The maximum Gasteiger partial charge on any atom is 0.191 e. The Bertz CT molecular complexity index is 554. The van der Waals surface area contributed by atoms with Crippen molar-refractivity contribution in [2.45, 2.75) is 40.0 Å². The van der Waals surface area contributed by atoms with Gasteiger partial charge in [0.05, 0.1) is 7.11 Å². The van der Waals surface area contributed by atoms with Gasteiger partial charge in [0.25, 0.3) is 0 Å². The van der Waals surface area contributed by atoms with Crippen molar-refractivity contribution in [1.82, 2.24) is 5.43 Å². The van der Waals surface area contributed by atoms with E-state index < -0.39 is 0 Å². The molecule has 23 heavy (non-hydrogen) atoms. The molecule has 0 aliphatic heterocycles. The van der Waals surface area contributed by atoms with E-state index in [4.69, 9.17) is 17.0 Å². The lowest BCUT2D eigenvalue weighted by molar-refractivity contribution is 0.363. The van der Waals surface area contributed by atoms with E-state index in [-0.39, 0.29) is 0 Å². The van der Waals surface area contributed by atoms with Gasteiger partial charge in [0.1, 0.15) is 5.75 Å². The first kappa shape index (κ1) is 17.7. The molecule has 0 heterocycles. The maximum absolute atomic E-state index is 5.34. The molecule has 1 aromatic carbocycles. The molecule has 1 saturated carbocycles. The monoisotopic (exact) mass is 333 g/mol. The number of ether oxygens (including phenoxy) is 1. The number of hydrogen-bond donors (Lipinski definition) is 2. The SMILES string of the molecule is COc1ccc(NC(=S)N/N=C2\CC(C)CCC2C(C)C)cc1. The van der Waals surface area contributed by atoms with Gasteiger partial charge in [-0.15, -0.1) is 0 Å². The Hall–Kier alpha value is -1.62. The Labute approximate surface area is 144 Å². The van der Waals surface area contributed by atoms with Crippen molar-refractivity contribution in [3.05, 3.63) is 24.3 Å². The van der Waals surface area contributed by atoms with Crippen LogP contribution in [0.25, 0.3) is 0 Å². The summed E-state index contributed by atoms with van der Waals surface area (Å²) in [4.78, 5) is 0. The molecule has 126 valence electrons. The Morgan fingerprint density at radius 1 is 1.26 bits per heavy atom. The number of nitrogens with zero attached hydrogens (tertiary/aromatic N) is 1. The lowest BCUT2D eigenvalue weighted by Crippen LogP contribution is -2.32. The number of methoxy groups -OCH3 is 1. The molecule has 0 aromatic heterocycles. The Kier molecular flexibility index (Phi) is 6.39. The van der Waals surface area contributed by atoms with Crippen LogP contribution in [0.15, 0.2) is 29.4 Å². The molecule has 2 unspecified atom stereocenters. The van der Waals surface area contributed by atoms with Crippen LogP contribution in [-0.4, -0.2) is 17.9 Å². The number of rotatable bonds is 4. The van der Waals surface area contributed by atoms with Crippen LogP contribution in [0, 0.1) is 17.8 Å². The first-order chi connectivity index (χ1) is 11.0. The topological polar surface area (TPSA) is 45.6 Å². The molecule has 2 N–H and O–H groups in total. The van der Waals surface area contributed by atoms with E-state index in [0.717, 1.165) is 17.9 Å². The summed E-state index contributed by atoms with van der Waals surface area (Å²) in [5, 5.41) is 8.27. The van der Waals surface area contributed by atoms with E-state index in [2.05, 4.69) is 36.6 Å². The van der Waals surface area contributed by atoms with Crippen molar-refractivity contribution < 1.29 is 4.74 Å². The van der Waals surface area contributed by atoms with Crippen LogP contribution in [-0.2, 0) is 0 Å². The molecule has 4 nitrogen and oxygen atoms in total. The summed E-state index contributed by atoms with van der Waals surface area (Å²) in [6.07, 6.45) is 3.56. The lowest BCUT2D eigenvalue weighted by atomic mass is 9.76. The van der Waals surface area contributed by atoms with Gasteiger partial charge in [0.15, 0.2) is 5.11 Å². The molecule has 1 aliphatic carbocycles. The minimum Gasteiger partial charge on any atom is -0.497 e. The zero-order valence-corrected chi connectivity index (χ0v) is 15.2. The van der Waals surface area contributed by atoms with E-state index >= 15 is 0 Å². The zero-order chi connectivity index (χ0) is 16.8. The second kappa shape index (κ2) is 8.29. The Morgan fingerprint density at radius 3 is 2.57 bits per heavy atom. The molecule has 5 heteroatoms. The minimum absolute atomic E-state index is 0.517. The van der Waals surface area contributed by atoms with Gasteiger partial charge in [-0.25, -0.2) is 0 Å². The third-order valence-electron chi connectivity index (χ3n) is 4.41. The summed E-state index contributed by atoms with van der Waals surface area (Å²) >= 11 is 5.34. The van der Waals surface area contributed by atoms with Crippen LogP contribution in [0.4, 0.5) is 5.69 Å². The molecule has 0 spiro atoms. The van der Waals surface area contributed by atoms with E-state index in [1.807, 2.05) is 24.3 Å². The average Bonchev–Trinajstić information content (AvgIpc) is 2.53. The van der Waals surface area contributed by atoms with Crippen molar-refractivity contribution in [3.63, 3.8) is 0 Å². The predicted octanol–water partition coefficient (Wildman–Crippen LogP) is 4.43. The molecule has 0 saturated heterocycles. The Balaban J connectivity index is 1.95. The highest BCUT2D eigenvalue weighted by molar-refractivity contribution is 7.80. The van der Waals surface area contributed by atoms with Crippen molar-refractivity contribution in [2.24, 2.45) is 22.9 Å². The van der Waals surface area contributed by atoms with Crippen LogP contribution >= 0.6 is 12.2 Å². The third-order valence-corrected chi connectivity index (χ3v) is 4.60. The molecule has 2 rings (SSSR count). The van der Waals surface area contributed by atoms with Crippen LogP contribution in [0.1, 0.15) is 40.0 Å². The van der Waals surface area contributed by atoms with E-state index in [1.54, 1.807) is 7.11 Å². The molecule has 1 aliphatic rings. The van der Waals surface area contributed by atoms with Gasteiger partial charge in [-0.05, 0) is 67.6 Å². The minimum atomic E-state index is 0.517. The number of hydrogen-bond acceptors (Lipinski definition) is 3. The van der Waals surface area contributed by atoms with Gasteiger partial charge < -0.3 is 10.1 Å². The van der Waals surface area contributed by atoms with Crippen molar-refractivity contribution in [3.8, 4) is 5.75 Å². The second-order valence-corrected chi connectivity index (χ2v) is 7.04. The number of anilines is 1. The van der Waals surface area contributed by atoms with Crippen molar-refractivity contribution >= 4 is 28.7 Å². The van der Waals surface area contributed by atoms with E-state index in [9.17, 15) is 0 Å². The smallest absolute Gasteiger partial charge is 0.191 e. The van der Waals surface area contributed by atoms with Gasteiger partial charge in [0, 0.05) is 17.3 Å². The average molecular weight is 334 g/mol. The number of hydrazone groups is 1. The number of nitrogens with one attached hydrogen (secondary N) is 2. The standard InChI is InChI=1S/C18H27N3OS/c1-12(2)16-10-5-13(3)11-17(16)20-21-18(23)19-14-6-8-15(22-4)9-7-14/h6-9,12-13,16H,5,10-11H2,1-4H3,(H2,19,21,23)/b20-17+. The first-order valence-electron chi connectivity index (χ1n) is 8.27. The fraction of sp³-hybridized carbons (Fsp3) is 0.556. The molecule has 0 bridgehead atoms. The van der Waals surface area contributed by atoms with Crippen LogP contribution in [0.2, 0.25) is 0 Å². The zero-order valence-electron chi connectivity index (χ0n) is 14.4. The highest BCUT2D eigenvalue weighted by Crippen LogP contribution is 2.31. The fourth-order valence-electron chi connectivity index (χ4n) is 3.04. The van der Waals surface area contributed by atoms with E-state index in [0.29, 0.717) is 22.9 Å². The summed E-state index contributed by atoms with van der Waals surface area (Å²) in [5.74, 6) is 2.70.